The molecule has 0 spiro atoms. The van der Waals surface area contributed by atoms with Crippen LogP contribution in [0, 0.1) is 17.8 Å². The monoisotopic (exact) mass is 286 g/mol. The van der Waals surface area contributed by atoms with Crippen LogP contribution in [-0.2, 0) is 9.84 Å². The van der Waals surface area contributed by atoms with E-state index in [1.54, 1.807) is 0 Å². The van der Waals surface area contributed by atoms with Crippen molar-refractivity contribution in [1.82, 2.24) is 10.6 Å². The lowest BCUT2D eigenvalue weighted by molar-refractivity contribution is 0.371. The van der Waals surface area contributed by atoms with Crippen LogP contribution in [0.1, 0.15) is 32.1 Å². The van der Waals surface area contributed by atoms with Crippen LogP contribution >= 0.6 is 0 Å². The average molecular weight is 286 g/mol. The van der Waals surface area contributed by atoms with Crippen LogP contribution in [-0.4, -0.2) is 45.6 Å². The fraction of sp³-hybridized carbons (Fsp3) is 1.00. The van der Waals surface area contributed by atoms with Crippen LogP contribution in [0.3, 0.4) is 0 Å². The SMILES string of the molecule is O=S1(=O)CCNC(CCNCC(C2CC2)C2CC2)C1. The van der Waals surface area contributed by atoms with E-state index >= 15 is 0 Å². The largest absolute Gasteiger partial charge is 0.316 e. The van der Waals surface area contributed by atoms with Crippen LogP contribution in [0.2, 0.25) is 0 Å². The molecule has 3 aliphatic rings. The smallest absolute Gasteiger partial charge is 0.153 e. The van der Waals surface area contributed by atoms with E-state index in [0.29, 0.717) is 18.1 Å². The Morgan fingerprint density at radius 2 is 1.84 bits per heavy atom. The Bertz CT molecular complexity index is 390. The second-order valence-electron chi connectivity index (χ2n) is 6.60. The van der Waals surface area contributed by atoms with Crippen LogP contribution in [0.4, 0.5) is 0 Å². The summed E-state index contributed by atoms with van der Waals surface area (Å²) in [4.78, 5) is 0. The number of hydrogen-bond donors (Lipinski definition) is 2. The van der Waals surface area contributed by atoms with Gasteiger partial charge >= 0.3 is 0 Å². The summed E-state index contributed by atoms with van der Waals surface area (Å²) in [6, 6.07) is 0.159. The highest BCUT2D eigenvalue weighted by Gasteiger charge is 2.40. The van der Waals surface area contributed by atoms with Gasteiger partial charge in [-0.2, -0.15) is 0 Å². The van der Waals surface area contributed by atoms with E-state index < -0.39 is 9.84 Å². The van der Waals surface area contributed by atoms with Crippen LogP contribution < -0.4 is 10.6 Å². The van der Waals surface area contributed by atoms with Gasteiger partial charge < -0.3 is 10.6 Å². The Balaban J connectivity index is 1.34. The summed E-state index contributed by atoms with van der Waals surface area (Å²) in [6.07, 6.45) is 6.67. The molecule has 0 aromatic carbocycles. The van der Waals surface area contributed by atoms with Gasteiger partial charge in [-0.15, -0.1) is 0 Å². The van der Waals surface area contributed by atoms with Gasteiger partial charge in [-0.3, -0.25) is 0 Å². The maximum Gasteiger partial charge on any atom is 0.153 e. The van der Waals surface area contributed by atoms with E-state index in [-0.39, 0.29) is 6.04 Å². The third-order valence-electron chi connectivity index (χ3n) is 4.81. The fourth-order valence-corrected chi connectivity index (χ4v) is 4.86. The molecule has 2 aliphatic carbocycles. The quantitative estimate of drug-likeness (QED) is 0.679. The molecule has 0 aromatic rings. The van der Waals surface area contributed by atoms with Gasteiger partial charge in [-0.05, 0) is 62.9 Å². The summed E-state index contributed by atoms with van der Waals surface area (Å²) in [5.41, 5.74) is 0. The lowest BCUT2D eigenvalue weighted by Crippen LogP contribution is -2.46. The molecule has 0 aromatic heterocycles. The minimum atomic E-state index is -2.78. The van der Waals surface area contributed by atoms with Gasteiger partial charge in [0.1, 0.15) is 0 Å². The molecule has 3 rings (SSSR count). The Morgan fingerprint density at radius 3 is 2.42 bits per heavy atom. The summed E-state index contributed by atoms with van der Waals surface area (Å²) in [5.74, 6) is 3.52. The maximum absolute atomic E-state index is 11.5. The zero-order valence-electron chi connectivity index (χ0n) is 11.6. The van der Waals surface area contributed by atoms with E-state index in [1.807, 2.05) is 0 Å². The molecule has 3 fully saturated rings. The third kappa shape index (κ3) is 4.17. The Hall–Kier alpha value is -0.130. The number of nitrogens with one attached hydrogen (secondary N) is 2. The van der Waals surface area contributed by atoms with Crippen molar-refractivity contribution in [2.75, 3.05) is 31.1 Å². The maximum atomic E-state index is 11.5. The first-order valence-corrected chi connectivity index (χ1v) is 9.61. The fourth-order valence-electron chi connectivity index (χ4n) is 3.36. The van der Waals surface area contributed by atoms with Crippen molar-refractivity contribution in [2.24, 2.45) is 17.8 Å². The average Bonchev–Trinajstić information content (AvgIpc) is 3.22. The van der Waals surface area contributed by atoms with Gasteiger partial charge in [0.25, 0.3) is 0 Å². The second kappa shape index (κ2) is 5.70. The summed E-state index contributed by atoms with van der Waals surface area (Å²) in [5, 5.41) is 6.88. The molecule has 2 N–H and O–H groups in total. The van der Waals surface area contributed by atoms with Crippen molar-refractivity contribution < 1.29 is 8.42 Å². The summed E-state index contributed by atoms with van der Waals surface area (Å²) in [6.45, 7) is 2.72. The molecule has 110 valence electrons. The number of sulfone groups is 1. The highest BCUT2D eigenvalue weighted by Crippen LogP contribution is 2.48. The zero-order valence-corrected chi connectivity index (χ0v) is 12.4. The van der Waals surface area contributed by atoms with Gasteiger partial charge in [-0.1, -0.05) is 0 Å². The molecule has 1 unspecified atom stereocenters. The van der Waals surface area contributed by atoms with Gasteiger partial charge in [0.15, 0.2) is 9.84 Å². The Morgan fingerprint density at radius 1 is 1.16 bits per heavy atom. The summed E-state index contributed by atoms with van der Waals surface area (Å²) in [7, 11) is -2.78. The van der Waals surface area contributed by atoms with Crippen molar-refractivity contribution >= 4 is 9.84 Å². The molecule has 0 radical (unpaired) electrons. The number of hydrogen-bond acceptors (Lipinski definition) is 4. The lowest BCUT2D eigenvalue weighted by Gasteiger charge is -2.24. The number of rotatable bonds is 7. The molecule has 5 heteroatoms. The molecular formula is C14H26N2O2S. The molecule has 2 saturated carbocycles. The van der Waals surface area contributed by atoms with Gasteiger partial charge in [-0.25, -0.2) is 8.42 Å². The minimum absolute atomic E-state index is 0.159. The van der Waals surface area contributed by atoms with Crippen molar-refractivity contribution in [3.8, 4) is 0 Å². The van der Waals surface area contributed by atoms with Crippen LogP contribution in [0.5, 0.6) is 0 Å². The van der Waals surface area contributed by atoms with Crippen molar-refractivity contribution in [2.45, 2.75) is 38.1 Å². The van der Waals surface area contributed by atoms with E-state index in [9.17, 15) is 8.42 Å². The lowest BCUT2D eigenvalue weighted by atomic mass is 9.98. The van der Waals surface area contributed by atoms with E-state index in [0.717, 1.165) is 37.3 Å². The first kappa shape index (κ1) is 13.8. The van der Waals surface area contributed by atoms with Crippen molar-refractivity contribution in [3.63, 3.8) is 0 Å². The van der Waals surface area contributed by atoms with Crippen LogP contribution in [0.25, 0.3) is 0 Å². The molecule has 19 heavy (non-hydrogen) atoms. The molecule has 4 nitrogen and oxygen atoms in total. The van der Waals surface area contributed by atoms with Crippen LogP contribution in [0.15, 0.2) is 0 Å². The zero-order chi connectivity index (χ0) is 13.3. The molecule has 1 heterocycles. The topological polar surface area (TPSA) is 58.2 Å². The standard InChI is InChI=1S/C14H26N2O2S/c17-19(18)8-7-16-13(10-19)5-6-15-9-14(11-1-2-11)12-3-4-12/h11-16H,1-10H2. The highest BCUT2D eigenvalue weighted by atomic mass is 32.2. The normalized spacial score (nSPS) is 30.7. The summed E-state index contributed by atoms with van der Waals surface area (Å²) < 4.78 is 23.1. The van der Waals surface area contributed by atoms with Gasteiger partial charge in [0, 0.05) is 12.6 Å². The summed E-state index contributed by atoms with van der Waals surface area (Å²) >= 11 is 0. The molecule has 1 atom stereocenters. The Labute approximate surface area is 116 Å². The van der Waals surface area contributed by atoms with Gasteiger partial charge in [0.2, 0.25) is 0 Å². The van der Waals surface area contributed by atoms with Crippen molar-refractivity contribution in [3.05, 3.63) is 0 Å². The molecule has 0 bridgehead atoms. The predicted molar refractivity (Wildman–Crippen MR) is 76.9 cm³/mol. The Kier molecular flexibility index (Phi) is 4.15. The molecule has 0 amide bonds. The van der Waals surface area contributed by atoms with E-state index in [1.165, 1.54) is 25.7 Å². The first-order valence-electron chi connectivity index (χ1n) is 7.78. The predicted octanol–water partition coefficient (Wildman–Crippen LogP) is 0.789. The van der Waals surface area contributed by atoms with Gasteiger partial charge in [0.05, 0.1) is 11.5 Å². The third-order valence-corrected chi connectivity index (χ3v) is 6.54. The molecular weight excluding hydrogens is 260 g/mol. The van der Waals surface area contributed by atoms with Crippen molar-refractivity contribution in [1.29, 1.82) is 0 Å². The molecule has 1 saturated heterocycles. The highest BCUT2D eigenvalue weighted by molar-refractivity contribution is 7.91. The van der Waals surface area contributed by atoms with E-state index in [4.69, 9.17) is 0 Å². The van der Waals surface area contributed by atoms with E-state index in [2.05, 4.69) is 10.6 Å². The first-order chi connectivity index (χ1) is 9.14. The minimum Gasteiger partial charge on any atom is -0.316 e. The second-order valence-corrected chi connectivity index (χ2v) is 8.83. The molecule has 1 aliphatic heterocycles.